The number of hydrogen-bond acceptors (Lipinski definition) is 4. The fourth-order valence-corrected chi connectivity index (χ4v) is 3.53. The molecule has 0 saturated carbocycles. The molecule has 0 spiro atoms. The summed E-state index contributed by atoms with van der Waals surface area (Å²) in [6.07, 6.45) is 1.14. The number of hydrogen-bond donors (Lipinski definition) is 2. The Kier molecular flexibility index (Phi) is 6.64. The molecule has 2 amide bonds. The van der Waals surface area contributed by atoms with Gasteiger partial charge in [0.1, 0.15) is 6.04 Å². The zero-order chi connectivity index (χ0) is 21.6. The van der Waals surface area contributed by atoms with Gasteiger partial charge in [-0.15, -0.1) is 0 Å². The van der Waals surface area contributed by atoms with E-state index in [4.69, 9.17) is 0 Å². The van der Waals surface area contributed by atoms with Gasteiger partial charge in [0, 0.05) is 18.4 Å². The third kappa shape index (κ3) is 5.55. The first-order valence-corrected chi connectivity index (χ1v) is 11.2. The van der Waals surface area contributed by atoms with Crippen molar-refractivity contribution in [2.75, 3.05) is 6.26 Å². The van der Waals surface area contributed by atoms with Crippen LogP contribution in [-0.2, 0) is 21.2 Å². The molecular weight excluding hydrogens is 400 g/mol. The second-order valence-corrected chi connectivity index (χ2v) is 8.83. The lowest BCUT2D eigenvalue weighted by Gasteiger charge is -2.19. The van der Waals surface area contributed by atoms with Crippen molar-refractivity contribution in [2.24, 2.45) is 0 Å². The van der Waals surface area contributed by atoms with Gasteiger partial charge in [-0.1, -0.05) is 60.7 Å². The molecule has 0 aliphatic heterocycles. The molecule has 0 fully saturated rings. The summed E-state index contributed by atoms with van der Waals surface area (Å²) in [6.45, 7) is 0.202. The smallest absolute Gasteiger partial charge is 0.252 e. The van der Waals surface area contributed by atoms with Crippen LogP contribution in [0.25, 0.3) is 0 Å². The maximum absolute atomic E-state index is 12.9. The van der Waals surface area contributed by atoms with Gasteiger partial charge in [0.25, 0.3) is 5.91 Å². The number of nitrogens with one attached hydrogen (secondary N) is 2. The molecule has 3 aromatic rings. The summed E-state index contributed by atoms with van der Waals surface area (Å²) < 4.78 is 23.1. The minimum absolute atomic E-state index is 0.202. The van der Waals surface area contributed by atoms with E-state index in [9.17, 15) is 18.0 Å². The van der Waals surface area contributed by atoms with Crippen LogP contribution >= 0.6 is 0 Å². The van der Waals surface area contributed by atoms with Crippen molar-refractivity contribution in [3.63, 3.8) is 0 Å². The van der Waals surface area contributed by atoms with Crippen LogP contribution in [0.15, 0.2) is 89.8 Å². The van der Waals surface area contributed by atoms with Gasteiger partial charge in [-0.05, 0) is 35.4 Å². The third-order valence-corrected chi connectivity index (χ3v) is 5.65. The molecule has 0 aromatic heterocycles. The minimum Gasteiger partial charge on any atom is -0.350 e. The molecule has 0 radical (unpaired) electrons. The molecule has 0 aliphatic rings. The number of carbonyl (C=O) groups excluding carboxylic acids is 2. The van der Waals surface area contributed by atoms with Crippen LogP contribution in [-0.4, -0.2) is 26.5 Å². The fourth-order valence-electron chi connectivity index (χ4n) is 2.90. The van der Waals surface area contributed by atoms with Crippen molar-refractivity contribution in [1.82, 2.24) is 10.6 Å². The zero-order valence-electron chi connectivity index (χ0n) is 16.4. The molecule has 3 aromatic carbocycles. The SMILES string of the molecule is CS(=O)(=O)c1ccc(CNC(=O)C(NC(=O)c2ccccc2)c2ccccc2)cc1. The lowest BCUT2D eigenvalue weighted by atomic mass is 10.1. The standard InChI is InChI=1S/C23H22N2O4S/c1-30(28,29)20-14-12-17(13-15-20)16-24-23(27)21(18-8-4-2-5-9-18)25-22(26)19-10-6-3-7-11-19/h2-15,21H,16H2,1H3,(H,24,27)(H,25,26). The molecule has 1 unspecified atom stereocenters. The first kappa shape index (κ1) is 21.3. The Labute approximate surface area is 175 Å². The van der Waals surface area contributed by atoms with E-state index in [1.54, 1.807) is 60.7 Å². The summed E-state index contributed by atoms with van der Waals surface area (Å²) in [5, 5.41) is 5.59. The number of benzene rings is 3. The molecule has 6 nitrogen and oxygen atoms in total. The molecule has 30 heavy (non-hydrogen) atoms. The van der Waals surface area contributed by atoms with E-state index in [-0.39, 0.29) is 23.3 Å². The van der Waals surface area contributed by atoms with Crippen molar-refractivity contribution in [2.45, 2.75) is 17.5 Å². The Hall–Kier alpha value is -3.45. The summed E-state index contributed by atoms with van der Waals surface area (Å²) in [5.74, 6) is -0.713. The molecule has 1 atom stereocenters. The van der Waals surface area contributed by atoms with Gasteiger partial charge in [0.15, 0.2) is 9.84 Å². The highest BCUT2D eigenvalue weighted by Gasteiger charge is 2.23. The van der Waals surface area contributed by atoms with E-state index in [2.05, 4.69) is 10.6 Å². The van der Waals surface area contributed by atoms with Gasteiger partial charge < -0.3 is 10.6 Å². The van der Waals surface area contributed by atoms with Gasteiger partial charge in [-0.25, -0.2) is 8.42 Å². The monoisotopic (exact) mass is 422 g/mol. The predicted molar refractivity (Wildman–Crippen MR) is 114 cm³/mol. The largest absolute Gasteiger partial charge is 0.350 e. The topological polar surface area (TPSA) is 92.3 Å². The summed E-state index contributed by atoms with van der Waals surface area (Å²) in [7, 11) is -3.28. The molecule has 3 rings (SSSR count). The van der Waals surface area contributed by atoms with Crippen molar-refractivity contribution >= 4 is 21.7 Å². The highest BCUT2D eigenvalue weighted by atomic mass is 32.2. The third-order valence-electron chi connectivity index (χ3n) is 4.52. The lowest BCUT2D eigenvalue weighted by Crippen LogP contribution is -2.40. The summed E-state index contributed by atoms with van der Waals surface area (Å²) in [5.41, 5.74) is 1.87. The van der Waals surface area contributed by atoms with Crippen molar-refractivity contribution in [3.8, 4) is 0 Å². The van der Waals surface area contributed by atoms with Crippen LogP contribution in [0.3, 0.4) is 0 Å². The Morgan fingerprint density at radius 1 is 0.833 bits per heavy atom. The van der Waals surface area contributed by atoms with Crippen LogP contribution in [0.4, 0.5) is 0 Å². The molecule has 0 aliphatic carbocycles. The first-order valence-electron chi connectivity index (χ1n) is 9.32. The summed E-state index contributed by atoms with van der Waals surface area (Å²) in [6, 6.07) is 23.1. The quantitative estimate of drug-likeness (QED) is 0.612. The second-order valence-electron chi connectivity index (χ2n) is 6.82. The molecule has 0 heterocycles. The van der Waals surface area contributed by atoms with E-state index in [0.717, 1.165) is 11.8 Å². The Morgan fingerprint density at radius 2 is 1.40 bits per heavy atom. The summed E-state index contributed by atoms with van der Waals surface area (Å²) >= 11 is 0. The Morgan fingerprint density at radius 3 is 1.97 bits per heavy atom. The van der Waals surface area contributed by atoms with Crippen LogP contribution < -0.4 is 10.6 Å². The highest BCUT2D eigenvalue weighted by Crippen LogP contribution is 2.15. The van der Waals surface area contributed by atoms with E-state index in [0.29, 0.717) is 11.1 Å². The molecule has 154 valence electrons. The minimum atomic E-state index is -3.28. The first-order chi connectivity index (χ1) is 14.3. The Bertz CT molecular complexity index is 1110. The van der Waals surface area contributed by atoms with Gasteiger partial charge >= 0.3 is 0 Å². The predicted octanol–water partition coefficient (Wildman–Crippen LogP) is 2.88. The van der Waals surface area contributed by atoms with Crippen molar-refractivity contribution in [1.29, 1.82) is 0 Å². The number of sulfone groups is 1. The molecular formula is C23H22N2O4S. The Balaban J connectivity index is 1.73. The van der Waals surface area contributed by atoms with Gasteiger partial charge in [-0.2, -0.15) is 0 Å². The average Bonchev–Trinajstić information content (AvgIpc) is 2.76. The van der Waals surface area contributed by atoms with Crippen LogP contribution in [0.2, 0.25) is 0 Å². The normalized spacial score (nSPS) is 12.0. The fraction of sp³-hybridized carbons (Fsp3) is 0.130. The highest BCUT2D eigenvalue weighted by molar-refractivity contribution is 7.90. The van der Waals surface area contributed by atoms with Gasteiger partial charge in [0.2, 0.25) is 5.91 Å². The van der Waals surface area contributed by atoms with Crippen molar-refractivity contribution in [3.05, 3.63) is 102 Å². The number of carbonyl (C=O) groups is 2. The van der Waals surface area contributed by atoms with Crippen LogP contribution in [0.5, 0.6) is 0 Å². The molecule has 2 N–H and O–H groups in total. The number of amides is 2. The average molecular weight is 423 g/mol. The molecule has 0 saturated heterocycles. The van der Waals surface area contributed by atoms with E-state index < -0.39 is 15.9 Å². The maximum Gasteiger partial charge on any atom is 0.252 e. The zero-order valence-corrected chi connectivity index (χ0v) is 17.2. The van der Waals surface area contributed by atoms with Gasteiger partial charge in [0.05, 0.1) is 4.90 Å². The van der Waals surface area contributed by atoms with E-state index >= 15 is 0 Å². The van der Waals surface area contributed by atoms with Crippen LogP contribution in [0, 0.1) is 0 Å². The summed E-state index contributed by atoms with van der Waals surface area (Å²) in [4.78, 5) is 25.7. The van der Waals surface area contributed by atoms with Gasteiger partial charge in [-0.3, -0.25) is 9.59 Å². The lowest BCUT2D eigenvalue weighted by molar-refractivity contribution is -0.123. The molecule has 0 bridgehead atoms. The van der Waals surface area contributed by atoms with Crippen molar-refractivity contribution < 1.29 is 18.0 Å². The maximum atomic E-state index is 12.9. The van der Waals surface area contributed by atoms with E-state index in [1.165, 1.54) is 12.1 Å². The number of rotatable bonds is 7. The van der Waals surface area contributed by atoms with E-state index in [1.807, 2.05) is 12.1 Å². The van der Waals surface area contributed by atoms with Crippen LogP contribution in [0.1, 0.15) is 27.5 Å². The molecule has 7 heteroatoms. The second kappa shape index (κ2) is 9.37.